The number of benzene rings is 1. The maximum atomic E-state index is 12.8. The van der Waals surface area contributed by atoms with E-state index < -0.39 is 0 Å². The average molecular weight is 273 g/mol. The molecule has 0 aromatic heterocycles. The number of nitrogens with zero attached hydrogens (tertiary/aromatic N) is 1. The van der Waals surface area contributed by atoms with Crippen LogP contribution in [0.25, 0.3) is 0 Å². The summed E-state index contributed by atoms with van der Waals surface area (Å²) >= 11 is 0. The second-order valence-corrected chi connectivity index (χ2v) is 5.96. The summed E-state index contributed by atoms with van der Waals surface area (Å²) in [7, 11) is 0. The minimum Gasteiger partial charge on any atom is -0.382 e. The predicted molar refractivity (Wildman–Crippen MR) is 82.4 cm³/mol. The van der Waals surface area contributed by atoms with Crippen LogP contribution in [0.4, 0.5) is 11.4 Å². The first-order valence-corrected chi connectivity index (χ1v) is 7.61. The van der Waals surface area contributed by atoms with Gasteiger partial charge in [-0.3, -0.25) is 4.79 Å². The summed E-state index contributed by atoms with van der Waals surface area (Å²) in [5.41, 5.74) is 2.92. The van der Waals surface area contributed by atoms with Gasteiger partial charge >= 0.3 is 0 Å². The second-order valence-electron chi connectivity index (χ2n) is 5.96. The molecule has 2 N–H and O–H groups in total. The summed E-state index contributed by atoms with van der Waals surface area (Å²) in [5, 5.41) is 6.69. The lowest BCUT2D eigenvalue weighted by Crippen LogP contribution is -2.47. The van der Waals surface area contributed by atoms with Gasteiger partial charge in [-0.25, -0.2) is 0 Å². The molecule has 0 spiro atoms. The molecule has 0 aliphatic carbocycles. The Balaban J connectivity index is 1.86. The zero-order chi connectivity index (χ0) is 14.1. The quantitative estimate of drug-likeness (QED) is 0.827. The van der Waals surface area contributed by atoms with E-state index in [1.54, 1.807) is 0 Å². The molecule has 2 aliphatic rings. The third kappa shape index (κ3) is 2.35. The summed E-state index contributed by atoms with van der Waals surface area (Å²) in [4.78, 5) is 14.8. The van der Waals surface area contributed by atoms with E-state index in [1.807, 2.05) is 18.2 Å². The lowest BCUT2D eigenvalue weighted by atomic mass is 9.96. The zero-order valence-electron chi connectivity index (χ0n) is 12.3. The van der Waals surface area contributed by atoms with Crippen molar-refractivity contribution in [2.24, 2.45) is 0 Å². The van der Waals surface area contributed by atoms with Gasteiger partial charge in [0.2, 0.25) is 0 Å². The molecule has 4 heteroatoms. The third-order valence-corrected chi connectivity index (χ3v) is 4.45. The van der Waals surface area contributed by atoms with Crippen molar-refractivity contribution in [3.63, 3.8) is 0 Å². The molecule has 20 heavy (non-hydrogen) atoms. The van der Waals surface area contributed by atoms with Crippen molar-refractivity contribution in [3.05, 3.63) is 23.8 Å². The Morgan fingerprint density at radius 3 is 2.45 bits per heavy atom. The molecule has 2 heterocycles. The Labute approximate surface area is 120 Å². The van der Waals surface area contributed by atoms with Crippen LogP contribution in [0.2, 0.25) is 0 Å². The number of carbonyl (C=O) groups excluding carboxylic acids is 1. The maximum Gasteiger partial charge on any atom is 0.254 e. The van der Waals surface area contributed by atoms with Crippen LogP contribution in [0, 0.1) is 0 Å². The largest absolute Gasteiger partial charge is 0.382 e. The Bertz CT molecular complexity index is 504. The number of nitrogens with one attached hydrogen (secondary N) is 2. The maximum absolute atomic E-state index is 12.8. The summed E-state index contributed by atoms with van der Waals surface area (Å²) in [5.74, 6) is 0.167. The fraction of sp³-hybridized carbons (Fsp3) is 0.562. The smallest absolute Gasteiger partial charge is 0.254 e. The van der Waals surface area contributed by atoms with Crippen LogP contribution in [0.1, 0.15) is 43.5 Å². The topological polar surface area (TPSA) is 44.4 Å². The van der Waals surface area contributed by atoms with E-state index in [0.717, 1.165) is 42.9 Å². The number of hydrogen-bond acceptors (Lipinski definition) is 3. The van der Waals surface area contributed by atoms with Gasteiger partial charge in [-0.05, 0) is 51.3 Å². The number of hydrogen-bond donors (Lipinski definition) is 2. The second kappa shape index (κ2) is 5.35. The van der Waals surface area contributed by atoms with E-state index in [9.17, 15) is 4.79 Å². The molecule has 2 aliphatic heterocycles. The number of rotatable bonds is 1. The monoisotopic (exact) mass is 273 g/mol. The van der Waals surface area contributed by atoms with Crippen molar-refractivity contribution in [1.29, 1.82) is 0 Å². The summed E-state index contributed by atoms with van der Waals surface area (Å²) < 4.78 is 0. The Morgan fingerprint density at radius 1 is 1.10 bits per heavy atom. The van der Waals surface area contributed by atoms with E-state index in [1.165, 1.54) is 6.42 Å². The zero-order valence-corrected chi connectivity index (χ0v) is 12.3. The molecular weight excluding hydrogens is 250 g/mol. The van der Waals surface area contributed by atoms with Crippen molar-refractivity contribution >= 4 is 17.3 Å². The third-order valence-electron chi connectivity index (χ3n) is 4.45. The predicted octanol–water partition coefficient (Wildman–Crippen LogP) is 2.93. The molecule has 0 saturated carbocycles. The molecular formula is C16H23N3O. The summed E-state index contributed by atoms with van der Waals surface area (Å²) in [6.45, 7) is 6.15. The number of likely N-dealkylation sites (tertiary alicyclic amines) is 1. The van der Waals surface area contributed by atoms with Crippen LogP contribution in [-0.4, -0.2) is 36.0 Å². The van der Waals surface area contributed by atoms with Gasteiger partial charge in [-0.1, -0.05) is 0 Å². The molecule has 1 saturated heterocycles. The normalized spacial score (nSPS) is 25.4. The van der Waals surface area contributed by atoms with Gasteiger partial charge in [0.05, 0.1) is 11.4 Å². The first-order chi connectivity index (χ1) is 9.66. The van der Waals surface area contributed by atoms with Crippen LogP contribution in [0.3, 0.4) is 0 Å². The Morgan fingerprint density at radius 2 is 1.75 bits per heavy atom. The highest BCUT2D eigenvalue weighted by Gasteiger charge is 2.29. The van der Waals surface area contributed by atoms with Crippen molar-refractivity contribution < 1.29 is 4.79 Å². The number of amides is 1. The van der Waals surface area contributed by atoms with Crippen LogP contribution in [0.15, 0.2) is 18.2 Å². The number of fused-ring (bicyclic) bond motifs is 1. The van der Waals surface area contributed by atoms with Gasteiger partial charge in [0, 0.05) is 30.7 Å². The standard InChI is InChI=1S/C16H23N3O/c1-11-4-3-5-12(2)19(11)16(20)13-6-7-14-15(10-13)18-9-8-17-14/h6-7,10-12,17-18H,3-5,8-9H2,1-2H3. The van der Waals surface area contributed by atoms with E-state index in [2.05, 4.69) is 29.4 Å². The molecule has 108 valence electrons. The van der Waals surface area contributed by atoms with Crippen molar-refractivity contribution in [2.45, 2.75) is 45.2 Å². The van der Waals surface area contributed by atoms with E-state index in [-0.39, 0.29) is 5.91 Å². The van der Waals surface area contributed by atoms with Gasteiger partial charge in [0.15, 0.2) is 0 Å². The fourth-order valence-corrected chi connectivity index (χ4v) is 3.34. The van der Waals surface area contributed by atoms with Gasteiger partial charge in [-0.2, -0.15) is 0 Å². The molecule has 1 fully saturated rings. The molecule has 1 aromatic carbocycles. The Kier molecular flexibility index (Phi) is 3.55. The van der Waals surface area contributed by atoms with Crippen LogP contribution >= 0.6 is 0 Å². The van der Waals surface area contributed by atoms with Crippen LogP contribution in [-0.2, 0) is 0 Å². The molecule has 1 amide bonds. The number of piperidine rings is 1. The lowest BCUT2D eigenvalue weighted by molar-refractivity contribution is 0.0511. The van der Waals surface area contributed by atoms with Gasteiger partial charge in [0.25, 0.3) is 5.91 Å². The van der Waals surface area contributed by atoms with Crippen molar-refractivity contribution in [3.8, 4) is 0 Å². The van der Waals surface area contributed by atoms with Crippen molar-refractivity contribution in [1.82, 2.24) is 4.90 Å². The highest BCUT2D eigenvalue weighted by molar-refractivity contribution is 5.97. The molecule has 4 nitrogen and oxygen atoms in total. The first-order valence-electron chi connectivity index (χ1n) is 7.61. The number of carbonyl (C=O) groups is 1. The molecule has 2 atom stereocenters. The highest BCUT2D eigenvalue weighted by Crippen LogP contribution is 2.29. The SMILES string of the molecule is CC1CCCC(C)N1C(=O)c1ccc2c(c1)NCCN2. The summed E-state index contributed by atoms with van der Waals surface area (Å²) in [6, 6.07) is 6.61. The van der Waals surface area contributed by atoms with Crippen LogP contribution in [0.5, 0.6) is 0 Å². The Hall–Kier alpha value is -1.71. The van der Waals surface area contributed by atoms with E-state index in [4.69, 9.17) is 0 Å². The molecule has 2 unspecified atom stereocenters. The lowest BCUT2D eigenvalue weighted by Gasteiger charge is -2.39. The number of anilines is 2. The van der Waals surface area contributed by atoms with Gasteiger partial charge in [-0.15, -0.1) is 0 Å². The van der Waals surface area contributed by atoms with Crippen LogP contribution < -0.4 is 10.6 Å². The summed E-state index contributed by atoms with van der Waals surface area (Å²) in [6.07, 6.45) is 3.45. The molecule has 0 bridgehead atoms. The van der Waals surface area contributed by atoms with Gasteiger partial charge in [0.1, 0.15) is 0 Å². The first kappa shape index (κ1) is 13.3. The van der Waals surface area contributed by atoms with E-state index >= 15 is 0 Å². The van der Waals surface area contributed by atoms with Crippen molar-refractivity contribution in [2.75, 3.05) is 23.7 Å². The minimum absolute atomic E-state index is 0.167. The molecule has 1 aromatic rings. The average Bonchev–Trinajstić information content (AvgIpc) is 2.46. The minimum atomic E-state index is 0.167. The van der Waals surface area contributed by atoms with E-state index in [0.29, 0.717) is 12.1 Å². The highest BCUT2D eigenvalue weighted by atomic mass is 16.2. The fourth-order valence-electron chi connectivity index (χ4n) is 3.34. The van der Waals surface area contributed by atoms with Gasteiger partial charge < -0.3 is 15.5 Å². The molecule has 0 radical (unpaired) electrons. The molecule has 3 rings (SSSR count).